The highest BCUT2D eigenvalue weighted by atomic mass is 32.2. The number of nitrogens with zero attached hydrogens (tertiary/aromatic N) is 1. The van der Waals surface area contributed by atoms with E-state index in [-0.39, 0.29) is 28.3 Å². The Bertz CT molecular complexity index is 1520. The number of sulfone groups is 1. The molecule has 8 nitrogen and oxygen atoms in total. The van der Waals surface area contributed by atoms with Crippen molar-refractivity contribution < 1.29 is 27.1 Å². The number of hydrogen-bond donors (Lipinski definition) is 0. The molecule has 2 unspecified atom stereocenters. The van der Waals surface area contributed by atoms with E-state index in [1.807, 2.05) is 26.8 Å². The molecule has 0 aliphatic carbocycles. The smallest absolute Gasteiger partial charge is 0.291 e. The number of fused-ring (bicyclic) bond motifs is 2. The van der Waals surface area contributed by atoms with Gasteiger partial charge >= 0.3 is 0 Å². The lowest BCUT2D eigenvalue weighted by Crippen LogP contribution is -2.40. The molecule has 0 saturated carbocycles. The van der Waals surface area contributed by atoms with Crippen molar-refractivity contribution in [2.75, 3.05) is 25.2 Å². The zero-order chi connectivity index (χ0) is 25.8. The van der Waals surface area contributed by atoms with Crippen molar-refractivity contribution in [3.63, 3.8) is 0 Å². The molecule has 0 radical (unpaired) electrons. The molecule has 190 valence electrons. The van der Waals surface area contributed by atoms with Gasteiger partial charge in [-0.1, -0.05) is 31.5 Å². The average Bonchev–Trinajstić information content (AvgIpc) is 3.34. The summed E-state index contributed by atoms with van der Waals surface area (Å²) in [6.07, 6.45) is 0.304. The summed E-state index contributed by atoms with van der Waals surface area (Å²) in [5, 5.41) is 0.385. The van der Waals surface area contributed by atoms with Gasteiger partial charge in [-0.25, -0.2) is 8.42 Å². The van der Waals surface area contributed by atoms with Gasteiger partial charge in [-0.3, -0.25) is 9.59 Å². The van der Waals surface area contributed by atoms with Gasteiger partial charge in [-0.15, -0.1) is 0 Å². The highest BCUT2D eigenvalue weighted by molar-refractivity contribution is 7.91. The van der Waals surface area contributed by atoms with Crippen LogP contribution in [0.4, 0.5) is 0 Å². The minimum atomic E-state index is -3.29. The van der Waals surface area contributed by atoms with Crippen LogP contribution in [0, 0.1) is 12.8 Å². The summed E-state index contributed by atoms with van der Waals surface area (Å²) < 4.78 is 42.1. The second kappa shape index (κ2) is 8.96. The van der Waals surface area contributed by atoms with E-state index in [0.29, 0.717) is 47.0 Å². The zero-order valence-corrected chi connectivity index (χ0v) is 21.6. The third-order valence-electron chi connectivity index (χ3n) is 6.74. The van der Waals surface area contributed by atoms with E-state index in [0.717, 1.165) is 5.56 Å². The van der Waals surface area contributed by atoms with Gasteiger partial charge < -0.3 is 18.8 Å². The fourth-order valence-electron chi connectivity index (χ4n) is 5.03. The molecule has 9 heteroatoms. The van der Waals surface area contributed by atoms with Gasteiger partial charge in [0.15, 0.2) is 26.8 Å². The predicted octanol–water partition coefficient (Wildman–Crippen LogP) is 3.88. The van der Waals surface area contributed by atoms with Crippen molar-refractivity contribution in [2.45, 2.75) is 39.3 Å². The summed E-state index contributed by atoms with van der Waals surface area (Å²) in [5.41, 5.74) is 1.77. The molecule has 1 amide bonds. The van der Waals surface area contributed by atoms with Crippen LogP contribution in [0.3, 0.4) is 0 Å². The Balaban J connectivity index is 1.69. The third kappa shape index (κ3) is 4.15. The van der Waals surface area contributed by atoms with Gasteiger partial charge in [-0.2, -0.15) is 0 Å². The van der Waals surface area contributed by atoms with Crippen molar-refractivity contribution >= 4 is 26.7 Å². The fraction of sp³-hybridized carbons (Fsp3) is 0.407. The molecule has 2 aliphatic heterocycles. The molecule has 1 saturated heterocycles. The quantitative estimate of drug-likeness (QED) is 0.495. The largest absolute Gasteiger partial charge is 0.493 e. The fourth-order valence-corrected chi connectivity index (χ4v) is 6.74. The number of hydrogen-bond acceptors (Lipinski definition) is 7. The van der Waals surface area contributed by atoms with E-state index < -0.39 is 27.8 Å². The van der Waals surface area contributed by atoms with E-state index in [9.17, 15) is 18.0 Å². The molecule has 2 aromatic carbocycles. The molecule has 2 atom stereocenters. The number of ether oxygens (including phenoxy) is 2. The first-order chi connectivity index (χ1) is 17.1. The molecule has 5 rings (SSSR count). The lowest BCUT2D eigenvalue weighted by atomic mass is 9.97. The lowest BCUT2D eigenvalue weighted by molar-refractivity contribution is 0.0662. The van der Waals surface area contributed by atoms with E-state index in [4.69, 9.17) is 13.9 Å². The number of benzene rings is 2. The van der Waals surface area contributed by atoms with E-state index in [1.165, 1.54) is 12.0 Å². The second-order valence-electron chi connectivity index (χ2n) is 9.96. The molecular weight excluding hydrogens is 482 g/mol. The Morgan fingerprint density at radius 2 is 1.89 bits per heavy atom. The van der Waals surface area contributed by atoms with Crippen molar-refractivity contribution in [3.05, 3.63) is 69.1 Å². The maximum Gasteiger partial charge on any atom is 0.291 e. The van der Waals surface area contributed by atoms with Crippen LogP contribution >= 0.6 is 0 Å². The molecular formula is C27H29NO7S. The summed E-state index contributed by atoms with van der Waals surface area (Å²) in [6, 6.07) is 9.17. The summed E-state index contributed by atoms with van der Waals surface area (Å²) in [5.74, 6) is 0.668. The third-order valence-corrected chi connectivity index (χ3v) is 8.49. The summed E-state index contributed by atoms with van der Waals surface area (Å²) in [6.45, 7) is 6.47. The maximum atomic E-state index is 13.8. The summed E-state index contributed by atoms with van der Waals surface area (Å²) >= 11 is 0. The van der Waals surface area contributed by atoms with Crippen LogP contribution in [0.15, 0.2) is 45.6 Å². The number of methoxy groups -OCH3 is 1. The monoisotopic (exact) mass is 511 g/mol. The summed E-state index contributed by atoms with van der Waals surface area (Å²) in [4.78, 5) is 29.0. The zero-order valence-electron chi connectivity index (χ0n) is 20.7. The van der Waals surface area contributed by atoms with Gasteiger partial charge in [0.05, 0.1) is 42.2 Å². The molecule has 1 aromatic heterocycles. The Morgan fingerprint density at radius 1 is 1.11 bits per heavy atom. The first-order valence-electron chi connectivity index (χ1n) is 12.0. The minimum absolute atomic E-state index is 0.00163. The summed E-state index contributed by atoms with van der Waals surface area (Å²) in [7, 11) is -1.76. The molecule has 3 aromatic rings. The number of aryl methyl sites for hydroxylation is 1. The van der Waals surface area contributed by atoms with Gasteiger partial charge in [0, 0.05) is 6.04 Å². The molecule has 2 aliphatic rings. The minimum Gasteiger partial charge on any atom is -0.493 e. The molecule has 3 heterocycles. The maximum absolute atomic E-state index is 13.8. The Labute approximate surface area is 209 Å². The van der Waals surface area contributed by atoms with Crippen LogP contribution < -0.4 is 14.9 Å². The van der Waals surface area contributed by atoms with Crippen LogP contribution in [0.1, 0.15) is 53.6 Å². The average molecular weight is 512 g/mol. The van der Waals surface area contributed by atoms with Gasteiger partial charge in [0.1, 0.15) is 5.58 Å². The Hall–Kier alpha value is -3.33. The molecule has 0 bridgehead atoms. The number of carbonyl (C=O) groups is 1. The second-order valence-corrected chi connectivity index (χ2v) is 12.2. The molecule has 36 heavy (non-hydrogen) atoms. The van der Waals surface area contributed by atoms with Gasteiger partial charge in [0.2, 0.25) is 5.76 Å². The Morgan fingerprint density at radius 3 is 2.56 bits per heavy atom. The van der Waals surface area contributed by atoms with Crippen molar-refractivity contribution in [3.8, 4) is 11.5 Å². The van der Waals surface area contributed by atoms with Crippen molar-refractivity contribution in [1.82, 2.24) is 4.90 Å². The standard InChI is InChI=1S/C27H29NO7S/c1-15(2)13-34-21-8-6-17(12-22(21)33-4)24-23-25(29)19-11-16(3)5-7-20(19)35-26(23)27(30)28(24)18-9-10-36(31,32)14-18/h5-8,11-12,15,18,24H,9-10,13-14H2,1-4H3. The van der Waals surface area contributed by atoms with E-state index in [2.05, 4.69) is 0 Å². The topological polar surface area (TPSA) is 103 Å². The SMILES string of the molecule is COc1cc(C2c3c(oc4ccc(C)cc4c3=O)C(=O)N2C2CCS(=O)(=O)C2)ccc1OCC(C)C. The van der Waals surface area contributed by atoms with Crippen LogP contribution in [-0.2, 0) is 9.84 Å². The number of carbonyl (C=O) groups excluding carboxylic acids is 1. The lowest BCUT2D eigenvalue weighted by Gasteiger charge is -2.30. The highest BCUT2D eigenvalue weighted by Crippen LogP contribution is 2.43. The predicted molar refractivity (Wildman–Crippen MR) is 136 cm³/mol. The van der Waals surface area contributed by atoms with E-state index >= 15 is 0 Å². The van der Waals surface area contributed by atoms with Crippen LogP contribution in [0.5, 0.6) is 11.5 Å². The van der Waals surface area contributed by atoms with Crippen molar-refractivity contribution in [1.29, 1.82) is 0 Å². The Kier molecular flexibility index (Phi) is 6.06. The molecule has 1 fully saturated rings. The van der Waals surface area contributed by atoms with E-state index in [1.54, 1.807) is 30.3 Å². The first-order valence-corrected chi connectivity index (χ1v) is 13.8. The van der Waals surface area contributed by atoms with Gasteiger partial charge in [-0.05, 0) is 49.1 Å². The van der Waals surface area contributed by atoms with Gasteiger partial charge in [0.25, 0.3) is 5.91 Å². The molecule has 0 spiro atoms. The highest BCUT2D eigenvalue weighted by Gasteiger charge is 2.48. The number of rotatable bonds is 6. The number of amides is 1. The van der Waals surface area contributed by atoms with Crippen molar-refractivity contribution in [2.24, 2.45) is 5.92 Å². The van der Waals surface area contributed by atoms with Crippen LogP contribution in [-0.4, -0.2) is 50.5 Å². The first kappa shape index (κ1) is 24.4. The van der Waals surface area contributed by atoms with Crippen LogP contribution in [0.25, 0.3) is 11.0 Å². The van der Waals surface area contributed by atoms with Crippen LogP contribution in [0.2, 0.25) is 0 Å². The normalized spacial score (nSPS) is 20.8. The molecule has 0 N–H and O–H groups in total.